The molecule has 0 bridgehead atoms. The predicted molar refractivity (Wildman–Crippen MR) is 57.3 cm³/mol. The zero-order chi connectivity index (χ0) is 10.2. The molecule has 0 saturated carbocycles. The van der Waals surface area contributed by atoms with E-state index in [1.807, 2.05) is 12.1 Å². The molecular weight excluding hydrogens is 198 g/mol. The van der Waals surface area contributed by atoms with E-state index >= 15 is 0 Å². The van der Waals surface area contributed by atoms with Gasteiger partial charge in [-0.3, -0.25) is 4.79 Å². The van der Waals surface area contributed by atoms with Crippen LogP contribution in [0.5, 0.6) is 0 Å². The fourth-order valence-corrected chi connectivity index (χ4v) is 2.44. The summed E-state index contributed by atoms with van der Waals surface area (Å²) in [5.41, 5.74) is -0.00860. The molecule has 0 spiro atoms. The van der Waals surface area contributed by atoms with Crippen LogP contribution in [0, 0.1) is 0 Å². The van der Waals surface area contributed by atoms with Crippen LogP contribution in [0.1, 0.15) is 16.6 Å². The van der Waals surface area contributed by atoms with Gasteiger partial charge in [-0.05, 0) is 19.1 Å². The zero-order valence-corrected chi connectivity index (χ0v) is 9.13. The molecular formula is C10H13NO2S. The maximum atomic E-state index is 10.5. The number of carbonyl (C=O) groups excluding carboxylic acids is 1. The summed E-state index contributed by atoms with van der Waals surface area (Å²) in [4.78, 5) is 13.5. The maximum Gasteiger partial charge on any atom is 0.160 e. The molecule has 1 aliphatic heterocycles. The van der Waals surface area contributed by atoms with Crippen molar-refractivity contribution >= 4 is 22.6 Å². The summed E-state index contributed by atoms with van der Waals surface area (Å²) in [7, 11) is 1.74. The van der Waals surface area contributed by atoms with E-state index in [1.54, 1.807) is 7.11 Å². The first-order valence-corrected chi connectivity index (χ1v) is 5.34. The van der Waals surface area contributed by atoms with Crippen molar-refractivity contribution in [2.75, 3.05) is 25.1 Å². The number of nitrogens with zero attached hydrogens (tertiary/aromatic N) is 1. The average Bonchev–Trinajstić information content (AvgIpc) is 2.61. The Balaban J connectivity index is 2.02. The number of carbonyl (C=O) groups is 1. The molecule has 0 aromatic carbocycles. The van der Waals surface area contributed by atoms with Gasteiger partial charge >= 0.3 is 0 Å². The van der Waals surface area contributed by atoms with Crippen molar-refractivity contribution in [3.8, 4) is 0 Å². The highest BCUT2D eigenvalue weighted by atomic mass is 32.1. The molecule has 0 aliphatic carbocycles. The van der Waals surface area contributed by atoms with Crippen LogP contribution in [0.4, 0.5) is 5.00 Å². The van der Waals surface area contributed by atoms with Crippen LogP contribution in [0.15, 0.2) is 12.1 Å². The highest BCUT2D eigenvalue weighted by Gasteiger charge is 2.39. The fraction of sp³-hybridized carbons (Fsp3) is 0.500. The minimum Gasteiger partial charge on any atom is -0.375 e. The molecule has 2 rings (SSSR count). The van der Waals surface area contributed by atoms with Crippen LogP contribution < -0.4 is 4.90 Å². The maximum absolute atomic E-state index is 10.5. The van der Waals surface area contributed by atoms with Crippen molar-refractivity contribution < 1.29 is 9.53 Å². The number of rotatable bonds is 3. The van der Waals surface area contributed by atoms with E-state index in [2.05, 4.69) is 11.8 Å². The quantitative estimate of drug-likeness (QED) is 0.714. The van der Waals surface area contributed by atoms with Crippen LogP contribution in [0.2, 0.25) is 0 Å². The predicted octanol–water partition coefficient (Wildman–Crippen LogP) is 1.79. The number of hydrogen-bond acceptors (Lipinski definition) is 4. The number of thiophene rings is 1. The summed E-state index contributed by atoms with van der Waals surface area (Å²) < 4.78 is 5.35. The molecule has 1 aromatic rings. The second-order valence-electron chi connectivity index (χ2n) is 3.80. The first-order valence-electron chi connectivity index (χ1n) is 4.52. The first-order chi connectivity index (χ1) is 6.67. The smallest absolute Gasteiger partial charge is 0.160 e. The molecule has 0 amide bonds. The minimum absolute atomic E-state index is 0.00860. The Morgan fingerprint density at radius 1 is 1.57 bits per heavy atom. The normalized spacial score (nSPS) is 19.1. The zero-order valence-electron chi connectivity index (χ0n) is 8.32. The van der Waals surface area contributed by atoms with E-state index in [0.29, 0.717) is 0 Å². The van der Waals surface area contributed by atoms with Crippen molar-refractivity contribution in [3.05, 3.63) is 17.0 Å². The third-order valence-electron chi connectivity index (χ3n) is 2.58. The molecule has 14 heavy (non-hydrogen) atoms. The molecule has 4 heteroatoms. The number of anilines is 1. The van der Waals surface area contributed by atoms with Gasteiger partial charge in [0, 0.05) is 20.2 Å². The number of hydrogen-bond donors (Lipinski definition) is 0. The third kappa shape index (κ3) is 1.55. The van der Waals surface area contributed by atoms with E-state index in [9.17, 15) is 4.79 Å². The number of aldehydes is 1. The average molecular weight is 211 g/mol. The molecule has 0 atom stereocenters. The lowest BCUT2D eigenvalue weighted by Gasteiger charge is -2.47. The van der Waals surface area contributed by atoms with Crippen LogP contribution in [-0.4, -0.2) is 32.1 Å². The van der Waals surface area contributed by atoms with Crippen molar-refractivity contribution in [3.63, 3.8) is 0 Å². The van der Waals surface area contributed by atoms with Gasteiger partial charge in [0.2, 0.25) is 0 Å². The van der Waals surface area contributed by atoms with E-state index < -0.39 is 0 Å². The minimum atomic E-state index is -0.00860. The fourth-order valence-electron chi connectivity index (χ4n) is 1.62. The summed E-state index contributed by atoms with van der Waals surface area (Å²) in [6.07, 6.45) is 0.892. The van der Waals surface area contributed by atoms with Gasteiger partial charge in [0.15, 0.2) is 6.29 Å². The summed E-state index contributed by atoms with van der Waals surface area (Å²) >= 11 is 1.53. The van der Waals surface area contributed by atoms with E-state index in [4.69, 9.17) is 4.74 Å². The SMILES string of the molecule is COC1(C)CN(c2ccc(C=O)s2)C1. The lowest BCUT2D eigenvalue weighted by molar-refractivity contribution is -0.0164. The van der Waals surface area contributed by atoms with Gasteiger partial charge < -0.3 is 9.64 Å². The lowest BCUT2D eigenvalue weighted by atomic mass is 9.97. The van der Waals surface area contributed by atoms with Gasteiger partial charge in [0.05, 0.1) is 15.5 Å². The Labute approximate surface area is 87.3 Å². The molecule has 0 radical (unpaired) electrons. The van der Waals surface area contributed by atoms with Crippen molar-refractivity contribution in [1.82, 2.24) is 0 Å². The summed E-state index contributed by atoms with van der Waals surface area (Å²) in [5, 5.41) is 1.15. The Morgan fingerprint density at radius 2 is 2.29 bits per heavy atom. The molecule has 2 heterocycles. The first kappa shape index (κ1) is 9.68. The van der Waals surface area contributed by atoms with Crippen molar-refractivity contribution in [2.24, 2.45) is 0 Å². The highest BCUT2D eigenvalue weighted by molar-refractivity contribution is 7.17. The second-order valence-corrected chi connectivity index (χ2v) is 4.90. The summed E-state index contributed by atoms with van der Waals surface area (Å²) in [5.74, 6) is 0. The van der Waals surface area contributed by atoms with Gasteiger partial charge in [0.25, 0.3) is 0 Å². The number of methoxy groups -OCH3 is 1. The Morgan fingerprint density at radius 3 is 2.79 bits per heavy atom. The van der Waals surface area contributed by atoms with E-state index in [1.165, 1.54) is 11.3 Å². The second kappa shape index (κ2) is 3.37. The van der Waals surface area contributed by atoms with Crippen LogP contribution >= 0.6 is 11.3 Å². The van der Waals surface area contributed by atoms with Crippen LogP contribution in [0.25, 0.3) is 0 Å². The summed E-state index contributed by atoms with van der Waals surface area (Å²) in [6.45, 7) is 3.91. The lowest BCUT2D eigenvalue weighted by Crippen LogP contribution is -2.61. The molecule has 0 N–H and O–H groups in total. The van der Waals surface area contributed by atoms with Crippen molar-refractivity contribution in [2.45, 2.75) is 12.5 Å². The summed E-state index contributed by atoms with van der Waals surface area (Å²) in [6, 6.07) is 3.85. The largest absolute Gasteiger partial charge is 0.375 e. The molecule has 3 nitrogen and oxygen atoms in total. The van der Waals surface area contributed by atoms with Gasteiger partial charge in [-0.2, -0.15) is 0 Å². The highest BCUT2D eigenvalue weighted by Crippen LogP contribution is 2.33. The third-order valence-corrected chi connectivity index (χ3v) is 3.66. The van der Waals surface area contributed by atoms with Gasteiger partial charge in [-0.25, -0.2) is 0 Å². The van der Waals surface area contributed by atoms with Crippen molar-refractivity contribution in [1.29, 1.82) is 0 Å². The van der Waals surface area contributed by atoms with E-state index in [-0.39, 0.29) is 5.60 Å². The van der Waals surface area contributed by atoms with Crippen LogP contribution in [-0.2, 0) is 4.74 Å². The monoisotopic (exact) mass is 211 g/mol. The molecule has 1 saturated heterocycles. The van der Waals surface area contributed by atoms with E-state index in [0.717, 1.165) is 29.3 Å². The molecule has 1 fully saturated rings. The standard InChI is InChI=1S/C10H13NO2S/c1-10(13-2)6-11(7-10)9-4-3-8(5-12)14-9/h3-5H,6-7H2,1-2H3. The van der Waals surface area contributed by atoms with Crippen LogP contribution in [0.3, 0.4) is 0 Å². The number of ether oxygens (including phenoxy) is 1. The van der Waals surface area contributed by atoms with Gasteiger partial charge in [0.1, 0.15) is 0 Å². The Hall–Kier alpha value is -0.870. The topological polar surface area (TPSA) is 29.5 Å². The van der Waals surface area contributed by atoms with Gasteiger partial charge in [-0.1, -0.05) is 0 Å². The molecule has 76 valence electrons. The van der Waals surface area contributed by atoms with Gasteiger partial charge in [-0.15, -0.1) is 11.3 Å². The Bertz CT molecular complexity index is 342. The molecule has 1 aliphatic rings. The Kier molecular flexibility index (Phi) is 2.33. The molecule has 0 unspecified atom stereocenters. The molecule has 1 aromatic heterocycles.